The first-order valence-corrected chi connectivity index (χ1v) is 8.99. The molecule has 2 amide bonds. The van der Waals surface area contributed by atoms with Gasteiger partial charge in [-0.05, 0) is 36.1 Å². The average molecular weight is 386 g/mol. The molecule has 7 heteroatoms. The standard InChI is InChI=1S/C21H26N2O5/c1-5-14-6-8-15(9-7-14)10-11-19(24)22-23-21(25)16-12-17(26-2)20(28-4)18(13-16)27-3/h6-9,12-13H,5,10-11H2,1-4H3,(H,22,24)(H,23,25). The molecule has 150 valence electrons. The van der Waals surface area contributed by atoms with Gasteiger partial charge in [-0.3, -0.25) is 20.4 Å². The summed E-state index contributed by atoms with van der Waals surface area (Å²) < 4.78 is 15.7. The molecule has 28 heavy (non-hydrogen) atoms. The molecular weight excluding hydrogens is 360 g/mol. The molecule has 2 aromatic carbocycles. The highest BCUT2D eigenvalue weighted by Gasteiger charge is 2.17. The summed E-state index contributed by atoms with van der Waals surface area (Å²) in [5.41, 5.74) is 7.43. The maximum Gasteiger partial charge on any atom is 0.269 e. The normalized spacial score (nSPS) is 10.1. The molecule has 7 nitrogen and oxygen atoms in total. The summed E-state index contributed by atoms with van der Waals surface area (Å²) in [7, 11) is 4.41. The van der Waals surface area contributed by atoms with Crippen molar-refractivity contribution in [3.05, 3.63) is 53.1 Å². The fourth-order valence-corrected chi connectivity index (χ4v) is 2.67. The van der Waals surface area contributed by atoms with Crippen molar-refractivity contribution in [2.75, 3.05) is 21.3 Å². The van der Waals surface area contributed by atoms with Gasteiger partial charge in [0.25, 0.3) is 5.91 Å². The van der Waals surface area contributed by atoms with Crippen LogP contribution in [0.2, 0.25) is 0 Å². The van der Waals surface area contributed by atoms with Crippen LogP contribution in [0.1, 0.15) is 34.8 Å². The quantitative estimate of drug-likeness (QED) is 0.682. The van der Waals surface area contributed by atoms with Crippen molar-refractivity contribution in [2.24, 2.45) is 0 Å². The van der Waals surface area contributed by atoms with E-state index < -0.39 is 5.91 Å². The first-order valence-electron chi connectivity index (χ1n) is 8.99. The third-order valence-electron chi connectivity index (χ3n) is 4.31. The maximum atomic E-state index is 12.4. The van der Waals surface area contributed by atoms with Gasteiger partial charge >= 0.3 is 0 Å². The molecule has 2 N–H and O–H groups in total. The van der Waals surface area contributed by atoms with Crippen molar-refractivity contribution >= 4 is 11.8 Å². The Morgan fingerprint density at radius 1 is 0.857 bits per heavy atom. The van der Waals surface area contributed by atoms with Crippen molar-refractivity contribution in [2.45, 2.75) is 26.2 Å². The van der Waals surface area contributed by atoms with Crippen molar-refractivity contribution in [1.29, 1.82) is 0 Å². The molecule has 0 unspecified atom stereocenters. The van der Waals surface area contributed by atoms with E-state index in [2.05, 4.69) is 29.9 Å². The SMILES string of the molecule is CCc1ccc(CCC(=O)NNC(=O)c2cc(OC)c(OC)c(OC)c2)cc1. The zero-order valence-corrected chi connectivity index (χ0v) is 16.6. The number of amides is 2. The van der Waals surface area contributed by atoms with E-state index in [1.54, 1.807) is 0 Å². The molecule has 0 aliphatic rings. The van der Waals surface area contributed by atoms with Crippen LogP contribution in [0.4, 0.5) is 0 Å². The largest absolute Gasteiger partial charge is 0.493 e. The van der Waals surface area contributed by atoms with Crippen LogP contribution in [0, 0.1) is 0 Å². The van der Waals surface area contributed by atoms with E-state index in [0.29, 0.717) is 23.7 Å². The van der Waals surface area contributed by atoms with E-state index in [1.807, 2.05) is 12.1 Å². The lowest BCUT2D eigenvalue weighted by Crippen LogP contribution is -2.41. The minimum Gasteiger partial charge on any atom is -0.493 e. The highest BCUT2D eigenvalue weighted by molar-refractivity contribution is 5.96. The summed E-state index contributed by atoms with van der Waals surface area (Å²) in [4.78, 5) is 24.4. The average Bonchev–Trinajstić information content (AvgIpc) is 2.74. The van der Waals surface area contributed by atoms with E-state index in [0.717, 1.165) is 12.0 Å². The van der Waals surface area contributed by atoms with E-state index in [-0.39, 0.29) is 17.9 Å². The minimum atomic E-state index is -0.486. The molecule has 0 atom stereocenters. The zero-order valence-electron chi connectivity index (χ0n) is 16.6. The molecule has 0 heterocycles. The lowest BCUT2D eigenvalue weighted by atomic mass is 10.1. The molecule has 0 spiro atoms. The zero-order chi connectivity index (χ0) is 20.5. The number of carbonyl (C=O) groups excluding carboxylic acids is 2. The Bertz CT molecular complexity index is 793. The summed E-state index contributed by atoms with van der Waals surface area (Å²) in [6.45, 7) is 2.10. The first kappa shape index (κ1) is 21.1. The van der Waals surface area contributed by atoms with E-state index in [4.69, 9.17) is 14.2 Å². The molecule has 0 fully saturated rings. The van der Waals surface area contributed by atoms with Gasteiger partial charge in [-0.25, -0.2) is 0 Å². The second-order valence-electron chi connectivity index (χ2n) is 6.09. The van der Waals surface area contributed by atoms with Crippen LogP contribution in [-0.4, -0.2) is 33.1 Å². The molecule has 0 aliphatic heterocycles. The Balaban J connectivity index is 1.92. The predicted octanol–water partition coefficient (Wildman–Crippen LogP) is 2.67. The highest BCUT2D eigenvalue weighted by atomic mass is 16.5. The van der Waals surface area contributed by atoms with Gasteiger partial charge in [0.15, 0.2) is 11.5 Å². The van der Waals surface area contributed by atoms with Crippen LogP contribution in [0.25, 0.3) is 0 Å². The summed E-state index contributed by atoms with van der Waals surface area (Å²) in [6.07, 6.45) is 1.84. The van der Waals surface area contributed by atoms with Crippen molar-refractivity contribution in [1.82, 2.24) is 10.9 Å². The molecule has 0 radical (unpaired) electrons. The molecule has 0 aromatic heterocycles. The van der Waals surface area contributed by atoms with Gasteiger partial charge in [0.1, 0.15) is 0 Å². The molecule has 2 rings (SSSR count). The minimum absolute atomic E-state index is 0.265. The topological polar surface area (TPSA) is 85.9 Å². The smallest absolute Gasteiger partial charge is 0.269 e. The first-order chi connectivity index (χ1) is 13.5. The number of carbonyl (C=O) groups is 2. The van der Waals surface area contributed by atoms with Gasteiger partial charge in [0.2, 0.25) is 11.7 Å². The summed E-state index contributed by atoms with van der Waals surface area (Å²) in [5, 5.41) is 0. The van der Waals surface area contributed by atoms with Gasteiger partial charge < -0.3 is 14.2 Å². The molecule has 0 aliphatic carbocycles. The summed E-state index contributed by atoms with van der Waals surface area (Å²) >= 11 is 0. The van der Waals surface area contributed by atoms with E-state index >= 15 is 0 Å². The molecule has 0 saturated heterocycles. The van der Waals surface area contributed by atoms with Crippen molar-refractivity contribution in [3.8, 4) is 17.2 Å². The number of hydrogen-bond acceptors (Lipinski definition) is 5. The number of nitrogens with one attached hydrogen (secondary N) is 2. The number of hydrazine groups is 1. The van der Waals surface area contributed by atoms with Gasteiger partial charge in [0.05, 0.1) is 21.3 Å². The molecule has 2 aromatic rings. The van der Waals surface area contributed by atoms with Crippen LogP contribution in [0.5, 0.6) is 17.2 Å². The fraction of sp³-hybridized carbons (Fsp3) is 0.333. The van der Waals surface area contributed by atoms with Gasteiger partial charge in [-0.15, -0.1) is 0 Å². The van der Waals surface area contributed by atoms with Gasteiger partial charge in [-0.2, -0.15) is 0 Å². The van der Waals surface area contributed by atoms with Crippen molar-refractivity contribution < 1.29 is 23.8 Å². The molecular formula is C21H26N2O5. The highest BCUT2D eigenvalue weighted by Crippen LogP contribution is 2.38. The Hall–Kier alpha value is -3.22. The number of benzene rings is 2. The maximum absolute atomic E-state index is 12.4. The van der Waals surface area contributed by atoms with Crippen LogP contribution in [-0.2, 0) is 17.6 Å². The summed E-state index contributed by atoms with van der Waals surface area (Å²) in [6, 6.07) is 11.2. The van der Waals surface area contributed by atoms with E-state index in [9.17, 15) is 9.59 Å². The Morgan fingerprint density at radius 2 is 1.43 bits per heavy atom. The van der Waals surface area contributed by atoms with Crippen molar-refractivity contribution in [3.63, 3.8) is 0 Å². The number of ether oxygens (including phenoxy) is 3. The third kappa shape index (κ3) is 5.39. The number of methoxy groups -OCH3 is 3. The number of hydrogen-bond donors (Lipinski definition) is 2. The molecule has 0 bridgehead atoms. The number of aryl methyl sites for hydroxylation is 2. The van der Waals surface area contributed by atoms with Gasteiger partial charge in [-0.1, -0.05) is 31.2 Å². The lowest BCUT2D eigenvalue weighted by Gasteiger charge is -2.14. The van der Waals surface area contributed by atoms with Crippen LogP contribution >= 0.6 is 0 Å². The second kappa shape index (κ2) is 10.2. The third-order valence-corrected chi connectivity index (χ3v) is 4.31. The second-order valence-corrected chi connectivity index (χ2v) is 6.09. The Labute approximate surface area is 165 Å². The number of rotatable bonds is 8. The summed E-state index contributed by atoms with van der Waals surface area (Å²) in [5.74, 6) is 0.336. The van der Waals surface area contributed by atoms with Crippen LogP contribution < -0.4 is 25.1 Å². The Morgan fingerprint density at radius 3 is 1.93 bits per heavy atom. The van der Waals surface area contributed by atoms with Crippen LogP contribution in [0.3, 0.4) is 0 Å². The van der Waals surface area contributed by atoms with Gasteiger partial charge in [0, 0.05) is 12.0 Å². The monoisotopic (exact) mass is 386 g/mol. The van der Waals surface area contributed by atoms with Crippen LogP contribution in [0.15, 0.2) is 36.4 Å². The fourth-order valence-electron chi connectivity index (χ4n) is 2.67. The Kier molecular flexibility index (Phi) is 7.68. The van der Waals surface area contributed by atoms with E-state index in [1.165, 1.54) is 39.0 Å². The predicted molar refractivity (Wildman–Crippen MR) is 106 cm³/mol. The molecule has 0 saturated carbocycles. The lowest BCUT2D eigenvalue weighted by molar-refractivity contribution is -0.121.